The van der Waals surface area contributed by atoms with E-state index < -0.39 is 19.6 Å². The van der Waals surface area contributed by atoms with Crippen LogP contribution in [0.5, 0.6) is 0 Å². The molecule has 0 saturated carbocycles. The SMILES string of the molecule is CCCCCCC[O][Sn]([CH2]CCC)([O]CCCCCCC)[O]CCCCCCC. The minimum absolute atomic E-state index is 0.842. The van der Waals surface area contributed by atoms with Crippen molar-refractivity contribution in [2.75, 3.05) is 19.8 Å². The van der Waals surface area contributed by atoms with Crippen molar-refractivity contribution in [3.05, 3.63) is 0 Å². The first kappa shape index (κ1) is 29.7. The molecule has 0 spiro atoms. The summed E-state index contributed by atoms with van der Waals surface area (Å²) in [6.07, 6.45) is 21.6. The Morgan fingerprint density at radius 1 is 0.379 bits per heavy atom. The average Bonchev–Trinajstić information content (AvgIpc) is 2.74. The molecule has 0 heterocycles. The first-order valence-corrected chi connectivity index (χ1v) is 18.7. The molecule has 0 aromatic carbocycles. The van der Waals surface area contributed by atoms with Crippen LogP contribution < -0.4 is 0 Å². The molecule has 0 aromatic heterocycles. The van der Waals surface area contributed by atoms with Crippen LogP contribution in [0.25, 0.3) is 0 Å². The Morgan fingerprint density at radius 3 is 1.00 bits per heavy atom. The fourth-order valence-electron chi connectivity index (χ4n) is 3.53. The monoisotopic (exact) mass is 522 g/mol. The van der Waals surface area contributed by atoms with Gasteiger partial charge in [-0.3, -0.25) is 0 Å². The first-order chi connectivity index (χ1) is 14.2. The van der Waals surface area contributed by atoms with Gasteiger partial charge in [0.25, 0.3) is 0 Å². The zero-order valence-corrected chi connectivity index (χ0v) is 23.4. The Hall–Kier alpha value is 0.679. The van der Waals surface area contributed by atoms with Crippen LogP contribution in [0, 0.1) is 0 Å². The topological polar surface area (TPSA) is 27.7 Å². The van der Waals surface area contributed by atoms with Gasteiger partial charge in [-0.15, -0.1) is 0 Å². The molecule has 3 nitrogen and oxygen atoms in total. The number of hydrogen-bond acceptors (Lipinski definition) is 3. The summed E-state index contributed by atoms with van der Waals surface area (Å²) >= 11 is -3.40. The maximum absolute atomic E-state index is 6.53. The molecule has 0 rings (SSSR count). The van der Waals surface area contributed by atoms with Crippen molar-refractivity contribution in [2.24, 2.45) is 0 Å². The first-order valence-electron chi connectivity index (χ1n) is 13.2. The fraction of sp³-hybridized carbons (Fsp3) is 1.00. The number of rotatable bonds is 24. The molecule has 0 aromatic rings. The summed E-state index contributed by atoms with van der Waals surface area (Å²) in [5.74, 6) is 0. The second-order valence-electron chi connectivity index (χ2n) is 8.57. The van der Waals surface area contributed by atoms with Crippen molar-refractivity contribution in [1.29, 1.82) is 0 Å². The Morgan fingerprint density at radius 2 is 0.690 bits per heavy atom. The second kappa shape index (κ2) is 23.3. The van der Waals surface area contributed by atoms with Crippen LogP contribution in [0.2, 0.25) is 4.44 Å². The summed E-state index contributed by atoms with van der Waals surface area (Å²) in [5, 5.41) is 0. The van der Waals surface area contributed by atoms with Gasteiger partial charge < -0.3 is 0 Å². The Balaban J connectivity index is 4.52. The van der Waals surface area contributed by atoms with Gasteiger partial charge in [0.2, 0.25) is 0 Å². The zero-order valence-electron chi connectivity index (χ0n) is 20.6. The van der Waals surface area contributed by atoms with Gasteiger partial charge in [0.05, 0.1) is 0 Å². The average molecular weight is 521 g/mol. The third-order valence-corrected chi connectivity index (χ3v) is 13.8. The number of hydrogen-bond donors (Lipinski definition) is 0. The van der Waals surface area contributed by atoms with E-state index in [0.29, 0.717) is 0 Å². The maximum atomic E-state index is 6.53. The van der Waals surface area contributed by atoms with Crippen LogP contribution in [0.3, 0.4) is 0 Å². The molecule has 0 radical (unpaired) electrons. The summed E-state index contributed by atoms with van der Waals surface area (Å²) in [7, 11) is 0. The molecule has 0 aliphatic carbocycles. The molecule has 0 atom stereocenters. The van der Waals surface area contributed by atoms with Gasteiger partial charge in [0, 0.05) is 0 Å². The molecule has 0 unspecified atom stereocenters. The van der Waals surface area contributed by atoms with Gasteiger partial charge in [-0.2, -0.15) is 0 Å². The quantitative estimate of drug-likeness (QED) is 0.0940. The molecule has 0 N–H and O–H groups in total. The van der Waals surface area contributed by atoms with Gasteiger partial charge in [-0.25, -0.2) is 0 Å². The van der Waals surface area contributed by atoms with Crippen molar-refractivity contribution >= 4 is 19.6 Å². The molecular weight excluding hydrogens is 467 g/mol. The molecule has 0 bridgehead atoms. The summed E-state index contributed by atoms with van der Waals surface area (Å²) < 4.78 is 20.7. The van der Waals surface area contributed by atoms with Crippen molar-refractivity contribution in [1.82, 2.24) is 0 Å². The van der Waals surface area contributed by atoms with Gasteiger partial charge in [0.1, 0.15) is 0 Å². The van der Waals surface area contributed by atoms with E-state index in [0.717, 1.165) is 43.5 Å². The van der Waals surface area contributed by atoms with Gasteiger partial charge >= 0.3 is 190 Å². The minimum atomic E-state index is -3.40. The van der Waals surface area contributed by atoms with E-state index in [1.807, 2.05) is 0 Å². The molecule has 0 fully saturated rings. The zero-order chi connectivity index (χ0) is 21.5. The molecular formula is C25H54O3Sn. The van der Waals surface area contributed by atoms with Crippen LogP contribution in [0.15, 0.2) is 0 Å². The third kappa shape index (κ3) is 19.1. The van der Waals surface area contributed by atoms with E-state index in [1.54, 1.807) is 0 Å². The fourth-order valence-corrected chi connectivity index (χ4v) is 11.6. The molecule has 4 heteroatoms. The molecule has 176 valence electrons. The number of unbranched alkanes of at least 4 members (excludes halogenated alkanes) is 13. The molecule has 0 aliphatic heterocycles. The molecule has 29 heavy (non-hydrogen) atoms. The van der Waals surface area contributed by atoms with E-state index in [-0.39, 0.29) is 0 Å². The summed E-state index contributed by atoms with van der Waals surface area (Å²) in [5.41, 5.74) is 0. The van der Waals surface area contributed by atoms with E-state index in [4.69, 9.17) is 9.22 Å². The van der Waals surface area contributed by atoms with Crippen LogP contribution in [0.1, 0.15) is 137 Å². The van der Waals surface area contributed by atoms with E-state index >= 15 is 0 Å². The van der Waals surface area contributed by atoms with Crippen LogP contribution in [0.4, 0.5) is 0 Å². The normalized spacial score (nSPS) is 12.0. The van der Waals surface area contributed by atoms with E-state index in [1.165, 1.54) is 89.9 Å². The van der Waals surface area contributed by atoms with Gasteiger partial charge in [0.15, 0.2) is 0 Å². The van der Waals surface area contributed by atoms with E-state index in [2.05, 4.69) is 27.7 Å². The Kier molecular flexibility index (Phi) is 23.9. The Bertz CT molecular complexity index is 272. The summed E-state index contributed by atoms with van der Waals surface area (Å²) in [4.78, 5) is 0. The van der Waals surface area contributed by atoms with Crippen LogP contribution >= 0.6 is 0 Å². The van der Waals surface area contributed by atoms with Crippen molar-refractivity contribution in [2.45, 2.75) is 141 Å². The predicted octanol–water partition coefficient (Wildman–Crippen LogP) is 8.69. The van der Waals surface area contributed by atoms with Crippen molar-refractivity contribution < 1.29 is 9.22 Å². The van der Waals surface area contributed by atoms with Crippen molar-refractivity contribution in [3.63, 3.8) is 0 Å². The Labute approximate surface area is 189 Å². The second-order valence-corrected chi connectivity index (χ2v) is 16.4. The summed E-state index contributed by atoms with van der Waals surface area (Å²) in [6, 6.07) is 0. The van der Waals surface area contributed by atoms with E-state index in [9.17, 15) is 0 Å². The predicted molar refractivity (Wildman–Crippen MR) is 130 cm³/mol. The third-order valence-electron chi connectivity index (χ3n) is 5.55. The van der Waals surface area contributed by atoms with Crippen LogP contribution in [-0.2, 0) is 9.22 Å². The molecule has 0 amide bonds. The standard InChI is InChI=1S/3C7H15O.C4H9.Sn/c3*1-2-3-4-5-6-7-8;1-3-4-2;/h3*2-7H2,1H3;1,3-4H2,2H3;/q3*-1;;+3. The van der Waals surface area contributed by atoms with Crippen LogP contribution in [-0.4, -0.2) is 39.4 Å². The van der Waals surface area contributed by atoms with Crippen molar-refractivity contribution in [3.8, 4) is 0 Å². The van der Waals surface area contributed by atoms with Gasteiger partial charge in [-0.1, -0.05) is 0 Å². The van der Waals surface area contributed by atoms with Gasteiger partial charge in [-0.05, 0) is 0 Å². The summed E-state index contributed by atoms with van der Waals surface area (Å²) in [6.45, 7) is 11.6. The molecule has 0 aliphatic rings. The molecule has 0 saturated heterocycles.